The van der Waals surface area contributed by atoms with Crippen molar-refractivity contribution in [3.05, 3.63) is 239 Å². The van der Waals surface area contributed by atoms with Gasteiger partial charge in [0.25, 0.3) is 0 Å². The van der Waals surface area contributed by atoms with E-state index in [9.17, 15) is 0 Å². The minimum absolute atomic E-state index is 0.130. The van der Waals surface area contributed by atoms with Gasteiger partial charge in [0.05, 0.1) is 39.6 Å². The Labute approximate surface area is 530 Å². The van der Waals surface area contributed by atoms with Crippen LogP contribution in [0.25, 0.3) is 123 Å². The van der Waals surface area contributed by atoms with Crippen molar-refractivity contribution in [1.82, 2.24) is 29.1 Å². The summed E-state index contributed by atoms with van der Waals surface area (Å²) < 4.78 is 5.00. The fraction of sp³-hybridized carbons (Fsp3) is 0.262. The molecule has 4 heterocycles. The first kappa shape index (κ1) is 57.2. The van der Waals surface area contributed by atoms with Crippen LogP contribution in [0.2, 0.25) is 0 Å². The molecule has 0 N–H and O–H groups in total. The smallest absolute Gasteiger partial charge is 0.164 e. The third-order valence-electron chi connectivity index (χ3n) is 20.1. The van der Waals surface area contributed by atoms with Crippen molar-refractivity contribution in [2.45, 2.75) is 143 Å². The summed E-state index contributed by atoms with van der Waals surface area (Å²) in [5.74, 6) is 1.88. The summed E-state index contributed by atoms with van der Waals surface area (Å²) in [6.07, 6.45) is 4.04. The Balaban J connectivity index is 1.04. The fourth-order valence-corrected chi connectivity index (χ4v) is 14.7. The lowest BCUT2D eigenvalue weighted by atomic mass is 9.79. The molecule has 6 heteroatoms. The molecule has 446 valence electrons. The van der Waals surface area contributed by atoms with Crippen LogP contribution in [0.5, 0.6) is 0 Å². The van der Waals surface area contributed by atoms with E-state index < -0.39 is 0 Å². The molecule has 15 rings (SSSR count). The van der Waals surface area contributed by atoms with Crippen LogP contribution in [0.4, 0.5) is 0 Å². The number of benzene rings is 9. The van der Waals surface area contributed by atoms with E-state index in [0.29, 0.717) is 17.5 Å². The SMILES string of the molecule is CC(C)(C)c1cc(-c2nc(-c3cc(C(C)(C)C)cc(C(C)(C)C)c3)nc(-c3ccc(-n4c5ccccc5c5cc6c(cc54)C(C)(C)c4ccccc4-6)c(-c4ccncc4-n4c5ccccc5c5cc6c(cc54)C(C)(C)c4ccccc4-6)c3)n2)cc(C(C)(C)C)c1. The third kappa shape index (κ3) is 8.94. The number of nitrogens with zero attached hydrogens (tertiary/aromatic N) is 6. The molecule has 90 heavy (non-hydrogen) atoms. The number of hydrogen-bond acceptors (Lipinski definition) is 4. The van der Waals surface area contributed by atoms with Crippen LogP contribution in [0.15, 0.2) is 194 Å². The van der Waals surface area contributed by atoms with Crippen molar-refractivity contribution in [2.24, 2.45) is 0 Å². The molecule has 9 aromatic carbocycles. The molecule has 0 fully saturated rings. The molecule has 0 saturated carbocycles. The number of hydrogen-bond donors (Lipinski definition) is 0. The standard InChI is InChI=1S/C84H80N6/c1-79(2,3)52-37-50(38-53(42-52)80(4,5)6)77-86-76(87-78(88-77)51-39-54(81(7,8)9)43-55(40-51)82(10,11)12)49-33-34-72(89-70-31-23-19-27-58(70)64-44-61-56-25-17-21-29-66(56)83(13,14)68(61)46-73(64)89)63(41-49)60-35-36-85-48-75(60)90-71-32-24-20-28-59(71)65-45-62-57-26-18-22-30-67(57)84(15,16)69(62)47-74(65)90/h17-48H,1-16H3. The largest absolute Gasteiger partial charge is 0.309 e. The minimum atomic E-state index is -0.215. The number of aromatic nitrogens is 6. The number of rotatable bonds is 6. The summed E-state index contributed by atoms with van der Waals surface area (Å²) in [5, 5.41) is 4.82. The number of fused-ring (bicyclic) bond motifs is 12. The lowest BCUT2D eigenvalue weighted by Crippen LogP contribution is -2.17. The molecule has 0 bridgehead atoms. The first-order valence-electron chi connectivity index (χ1n) is 32.2. The van der Waals surface area contributed by atoms with Gasteiger partial charge < -0.3 is 9.13 Å². The number of pyridine rings is 1. The molecule has 0 unspecified atom stereocenters. The van der Waals surface area contributed by atoms with E-state index in [2.05, 4.69) is 308 Å². The van der Waals surface area contributed by atoms with Gasteiger partial charge in [-0.2, -0.15) is 0 Å². The van der Waals surface area contributed by atoms with E-state index in [-0.39, 0.29) is 32.5 Å². The zero-order valence-corrected chi connectivity index (χ0v) is 55.2. The Morgan fingerprint density at radius 3 is 1.14 bits per heavy atom. The molecule has 2 aliphatic rings. The maximum absolute atomic E-state index is 5.66. The molecule has 13 aromatic rings. The van der Waals surface area contributed by atoms with Gasteiger partial charge >= 0.3 is 0 Å². The fourth-order valence-electron chi connectivity index (χ4n) is 14.7. The monoisotopic (exact) mass is 1170 g/mol. The first-order valence-corrected chi connectivity index (χ1v) is 32.2. The van der Waals surface area contributed by atoms with Crippen molar-refractivity contribution >= 4 is 43.6 Å². The van der Waals surface area contributed by atoms with Gasteiger partial charge in [0.15, 0.2) is 17.5 Å². The van der Waals surface area contributed by atoms with E-state index in [1.54, 1.807) is 0 Å². The van der Waals surface area contributed by atoms with Gasteiger partial charge in [0.2, 0.25) is 0 Å². The molecule has 6 nitrogen and oxygen atoms in total. The molecular formula is C84H80N6. The highest BCUT2D eigenvalue weighted by molar-refractivity contribution is 6.14. The molecule has 4 aromatic heterocycles. The highest BCUT2D eigenvalue weighted by Gasteiger charge is 2.38. The van der Waals surface area contributed by atoms with Crippen LogP contribution >= 0.6 is 0 Å². The second-order valence-electron chi connectivity index (χ2n) is 30.9. The van der Waals surface area contributed by atoms with Crippen LogP contribution in [0, 0.1) is 0 Å². The van der Waals surface area contributed by atoms with Crippen molar-refractivity contribution in [2.75, 3.05) is 0 Å². The molecular weight excluding hydrogens is 1090 g/mol. The Bertz CT molecular complexity index is 5010. The summed E-state index contributed by atoms with van der Waals surface area (Å²) in [7, 11) is 0. The Hall–Kier alpha value is -9.26. The highest BCUT2D eigenvalue weighted by Crippen LogP contribution is 2.54. The maximum atomic E-state index is 5.66. The third-order valence-corrected chi connectivity index (χ3v) is 20.1. The average molecular weight is 1170 g/mol. The van der Waals surface area contributed by atoms with Gasteiger partial charge in [-0.3, -0.25) is 4.98 Å². The van der Waals surface area contributed by atoms with Gasteiger partial charge in [-0.05, 0) is 173 Å². The van der Waals surface area contributed by atoms with Crippen molar-refractivity contribution in [3.63, 3.8) is 0 Å². The molecule has 0 saturated heterocycles. The predicted molar refractivity (Wildman–Crippen MR) is 378 cm³/mol. The predicted octanol–water partition coefficient (Wildman–Crippen LogP) is 21.9. The van der Waals surface area contributed by atoms with Crippen LogP contribution in [0.3, 0.4) is 0 Å². The molecule has 2 aliphatic carbocycles. The Kier molecular flexibility index (Phi) is 12.5. The van der Waals surface area contributed by atoms with Gasteiger partial charge in [-0.1, -0.05) is 208 Å². The van der Waals surface area contributed by atoms with E-state index in [4.69, 9.17) is 19.9 Å². The van der Waals surface area contributed by atoms with Crippen molar-refractivity contribution < 1.29 is 0 Å². The second kappa shape index (κ2) is 19.6. The van der Waals surface area contributed by atoms with Crippen molar-refractivity contribution in [3.8, 4) is 78.9 Å². The molecule has 0 amide bonds. The normalized spacial score (nSPS) is 14.4. The van der Waals surface area contributed by atoms with E-state index in [1.807, 2.05) is 6.20 Å². The van der Waals surface area contributed by atoms with E-state index in [0.717, 1.165) is 61.3 Å². The Morgan fingerprint density at radius 1 is 0.300 bits per heavy atom. The molecule has 0 radical (unpaired) electrons. The highest BCUT2D eigenvalue weighted by atomic mass is 15.0. The second-order valence-corrected chi connectivity index (χ2v) is 30.9. The lowest BCUT2D eigenvalue weighted by molar-refractivity contribution is 0.568. The summed E-state index contributed by atoms with van der Waals surface area (Å²) in [6.45, 7) is 37.0. The molecule has 0 aliphatic heterocycles. The summed E-state index contributed by atoms with van der Waals surface area (Å²) in [5.41, 5.74) is 26.0. The summed E-state index contributed by atoms with van der Waals surface area (Å²) >= 11 is 0. The van der Waals surface area contributed by atoms with Gasteiger partial charge in [0.1, 0.15) is 0 Å². The van der Waals surface area contributed by atoms with Crippen molar-refractivity contribution in [1.29, 1.82) is 0 Å². The molecule has 0 spiro atoms. The van der Waals surface area contributed by atoms with Gasteiger partial charge in [0, 0.05) is 66.4 Å². The minimum Gasteiger partial charge on any atom is -0.309 e. The van der Waals surface area contributed by atoms with Crippen LogP contribution < -0.4 is 0 Å². The number of para-hydroxylation sites is 2. The van der Waals surface area contributed by atoms with Crippen LogP contribution in [-0.4, -0.2) is 29.1 Å². The van der Waals surface area contributed by atoms with Gasteiger partial charge in [-0.15, -0.1) is 0 Å². The topological polar surface area (TPSA) is 61.4 Å². The van der Waals surface area contributed by atoms with Gasteiger partial charge in [-0.25, -0.2) is 15.0 Å². The Morgan fingerprint density at radius 2 is 0.700 bits per heavy atom. The zero-order chi connectivity index (χ0) is 62.9. The molecule has 0 atom stereocenters. The van der Waals surface area contributed by atoms with E-state index in [1.165, 1.54) is 88.3 Å². The van der Waals surface area contributed by atoms with E-state index >= 15 is 0 Å². The lowest BCUT2D eigenvalue weighted by Gasteiger charge is -2.26. The van der Waals surface area contributed by atoms with Crippen LogP contribution in [0.1, 0.15) is 155 Å². The zero-order valence-electron chi connectivity index (χ0n) is 55.2. The summed E-state index contributed by atoms with van der Waals surface area (Å²) in [6, 6.07) is 68.8. The summed E-state index contributed by atoms with van der Waals surface area (Å²) in [4.78, 5) is 21.9. The quantitative estimate of drug-likeness (QED) is 0.166. The average Bonchev–Trinajstić information content (AvgIpc) is 1.55. The first-order chi connectivity index (χ1) is 42.6. The van der Waals surface area contributed by atoms with Crippen LogP contribution in [-0.2, 0) is 32.5 Å². The maximum Gasteiger partial charge on any atom is 0.164 e.